The van der Waals surface area contributed by atoms with Gasteiger partial charge in [0.15, 0.2) is 0 Å². The minimum absolute atomic E-state index is 0.0297. The third-order valence-electron chi connectivity index (χ3n) is 15.3. The number of benzene rings is 9. The fraction of sp³-hybridized carbons (Fsp3) is 0.182. The van der Waals surface area contributed by atoms with Crippen LogP contribution in [0, 0.1) is 0 Å². The first-order valence-electron chi connectivity index (χ1n) is 25.2. The van der Waals surface area contributed by atoms with Gasteiger partial charge in [0.2, 0.25) is 0 Å². The van der Waals surface area contributed by atoms with Gasteiger partial charge in [-0.2, -0.15) is 0 Å². The van der Waals surface area contributed by atoms with Gasteiger partial charge in [-0.15, -0.1) is 22.7 Å². The molecule has 0 amide bonds. The molecule has 71 heavy (non-hydrogen) atoms. The number of nitrogens with zero attached hydrogens (tertiary/aromatic N) is 2. The molecule has 5 heteroatoms. The fourth-order valence-corrected chi connectivity index (χ4v) is 13.8. The van der Waals surface area contributed by atoms with Gasteiger partial charge in [0.25, 0.3) is 6.71 Å². The van der Waals surface area contributed by atoms with Gasteiger partial charge in [0.05, 0.1) is 0 Å². The highest BCUT2D eigenvalue weighted by molar-refractivity contribution is 7.26. The van der Waals surface area contributed by atoms with E-state index in [-0.39, 0.29) is 23.0 Å². The van der Waals surface area contributed by atoms with Crippen molar-refractivity contribution in [1.82, 2.24) is 0 Å². The standard InChI is InChI=1S/C66H57BN2S2/c1-64(2,3)42-28-34-51-53(36-42)68(45-30-24-40(25-31-45)47-18-14-22-59-61(47)49-16-10-12-20-57(49)70-59)55-38-44(66(7,8)9)39-56-63(55)67(51)52-35-29-43(65(4,5)6)37-54(52)69(56)46-32-26-41(27-33-46)48-19-15-23-60-62(48)50-17-11-13-21-58(50)71-60/h10-39H,1-9H3. The van der Waals surface area contributed by atoms with Crippen molar-refractivity contribution in [2.24, 2.45) is 0 Å². The Morgan fingerprint density at radius 2 is 0.732 bits per heavy atom. The van der Waals surface area contributed by atoms with Crippen LogP contribution >= 0.6 is 22.7 Å². The molecule has 0 fully saturated rings. The maximum atomic E-state index is 2.60. The second kappa shape index (κ2) is 15.8. The van der Waals surface area contributed by atoms with E-state index in [1.54, 1.807) is 0 Å². The maximum Gasteiger partial charge on any atom is 0.252 e. The van der Waals surface area contributed by atoms with Crippen LogP contribution in [-0.4, -0.2) is 6.71 Å². The molecule has 0 bridgehead atoms. The van der Waals surface area contributed by atoms with Crippen molar-refractivity contribution >= 4 is 120 Å². The zero-order chi connectivity index (χ0) is 48.7. The average Bonchev–Trinajstić information content (AvgIpc) is 3.94. The number of fused-ring (bicyclic) bond motifs is 10. The quantitative estimate of drug-likeness (QED) is 0.162. The lowest BCUT2D eigenvalue weighted by Gasteiger charge is -2.45. The van der Waals surface area contributed by atoms with E-state index in [4.69, 9.17) is 0 Å². The number of hydrogen-bond donors (Lipinski definition) is 0. The lowest BCUT2D eigenvalue weighted by molar-refractivity contribution is 0.590. The first-order chi connectivity index (χ1) is 34.1. The summed E-state index contributed by atoms with van der Waals surface area (Å²) in [6, 6.07) is 69.9. The van der Waals surface area contributed by atoms with Crippen LogP contribution in [0.1, 0.15) is 79.0 Å². The molecule has 0 radical (unpaired) electrons. The minimum Gasteiger partial charge on any atom is -0.311 e. The predicted molar refractivity (Wildman–Crippen MR) is 313 cm³/mol. The Labute approximate surface area is 426 Å². The van der Waals surface area contributed by atoms with Gasteiger partial charge >= 0.3 is 0 Å². The number of anilines is 6. The van der Waals surface area contributed by atoms with Gasteiger partial charge in [-0.1, -0.05) is 172 Å². The number of thiophene rings is 2. The van der Waals surface area contributed by atoms with Crippen LogP contribution in [0.2, 0.25) is 0 Å². The van der Waals surface area contributed by atoms with Crippen molar-refractivity contribution in [3.8, 4) is 22.3 Å². The Morgan fingerprint density at radius 1 is 0.352 bits per heavy atom. The van der Waals surface area contributed by atoms with Crippen LogP contribution in [-0.2, 0) is 16.2 Å². The zero-order valence-corrected chi connectivity index (χ0v) is 43.7. The summed E-state index contributed by atoms with van der Waals surface area (Å²) < 4.78 is 5.31. The summed E-state index contributed by atoms with van der Waals surface area (Å²) in [7, 11) is 0. The van der Waals surface area contributed by atoms with E-state index in [9.17, 15) is 0 Å². The molecule has 0 unspecified atom stereocenters. The maximum absolute atomic E-state index is 2.60. The summed E-state index contributed by atoms with van der Waals surface area (Å²) in [5.41, 5.74) is 20.1. The molecule has 0 atom stereocenters. The topological polar surface area (TPSA) is 6.48 Å². The highest BCUT2D eigenvalue weighted by atomic mass is 32.1. The van der Waals surface area contributed by atoms with Crippen LogP contribution < -0.4 is 26.2 Å². The number of rotatable bonds is 4. The molecular weight excluding hydrogens is 896 g/mol. The van der Waals surface area contributed by atoms with Crippen LogP contribution in [0.3, 0.4) is 0 Å². The van der Waals surface area contributed by atoms with Gasteiger partial charge in [0, 0.05) is 74.5 Å². The first kappa shape index (κ1) is 44.1. The van der Waals surface area contributed by atoms with E-state index >= 15 is 0 Å². The molecule has 9 aromatic carbocycles. The molecule has 0 saturated carbocycles. The SMILES string of the molecule is CC(C)(C)c1ccc2c(c1)N(c1ccc(-c3cccc4sc5ccccc5c34)cc1)c1cc(C(C)(C)C)cc3c1B2c1ccc(C(C)(C)C)cc1N3c1ccc(-c2cccc3sc4ccccc4c23)cc1. The highest BCUT2D eigenvalue weighted by Crippen LogP contribution is 2.49. The van der Waals surface area contributed by atoms with Crippen LogP contribution in [0.25, 0.3) is 62.6 Å². The molecule has 0 saturated heterocycles. The van der Waals surface area contributed by atoms with Crippen molar-refractivity contribution in [3.05, 3.63) is 199 Å². The van der Waals surface area contributed by atoms with E-state index in [1.165, 1.54) is 118 Å². The van der Waals surface area contributed by atoms with E-state index in [0.717, 1.165) is 11.4 Å². The smallest absolute Gasteiger partial charge is 0.252 e. The zero-order valence-electron chi connectivity index (χ0n) is 42.1. The van der Waals surface area contributed by atoms with E-state index in [2.05, 4.69) is 254 Å². The molecule has 0 spiro atoms. The molecular formula is C66H57BN2S2. The van der Waals surface area contributed by atoms with Crippen molar-refractivity contribution in [2.45, 2.75) is 78.6 Å². The van der Waals surface area contributed by atoms with Crippen LogP contribution in [0.15, 0.2) is 182 Å². The lowest BCUT2D eigenvalue weighted by Crippen LogP contribution is -2.61. The summed E-state index contributed by atoms with van der Waals surface area (Å²) in [6.45, 7) is 21.2. The number of hydrogen-bond acceptors (Lipinski definition) is 4. The second-order valence-corrected chi connectivity index (χ2v) is 25.1. The van der Waals surface area contributed by atoms with E-state index < -0.39 is 0 Å². The first-order valence-corrected chi connectivity index (χ1v) is 26.8. The van der Waals surface area contributed by atoms with Gasteiger partial charge < -0.3 is 9.80 Å². The molecule has 346 valence electrons. The molecule has 2 aliphatic rings. The van der Waals surface area contributed by atoms with Crippen molar-refractivity contribution in [2.75, 3.05) is 9.80 Å². The lowest BCUT2D eigenvalue weighted by atomic mass is 9.33. The summed E-state index contributed by atoms with van der Waals surface area (Å²) in [5.74, 6) is 0. The molecule has 2 nitrogen and oxygen atoms in total. The molecule has 0 N–H and O–H groups in total. The van der Waals surface area contributed by atoms with E-state index in [1.807, 2.05) is 22.7 Å². The Hall–Kier alpha value is -6.92. The summed E-state index contributed by atoms with van der Waals surface area (Å²) in [6.07, 6.45) is 0. The molecule has 13 rings (SSSR count). The normalized spacial score (nSPS) is 13.6. The average molecular weight is 953 g/mol. The molecule has 11 aromatic rings. The molecule has 2 aliphatic heterocycles. The summed E-state index contributed by atoms with van der Waals surface area (Å²) in [4.78, 5) is 5.20. The third-order valence-corrected chi connectivity index (χ3v) is 17.6. The summed E-state index contributed by atoms with van der Waals surface area (Å²) >= 11 is 3.76. The minimum atomic E-state index is -0.128. The van der Waals surface area contributed by atoms with Crippen molar-refractivity contribution < 1.29 is 0 Å². The summed E-state index contributed by atoms with van der Waals surface area (Å²) in [5, 5.41) is 5.33. The van der Waals surface area contributed by atoms with Gasteiger partial charge in [-0.3, -0.25) is 0 Å². The van der Waals surface area contributed by atoms with Crippen LogP contribution in [0.4, 0.5) is 34.1 Å². The molecule has 0 aliphatic carbocycles. The monoisotopic (exact) mass is 952 g/mol. The molecule has 4 heterocycles. The Bertz CT molecular complexity index is 3700. The Kier molecular flexibility index (Phi) is 9.80. The highest BCUT2D eigenvalue weighted by Gasteiger charge is 2.45. The van der Waals surface area contributed by atoms with Crippen molar-refractivity contribution in [3.63, 3.8) is 0 Å². The Balaban J connectivity index is 1.04. The second-order valence-electron chi connectivity index (χ2n) is 23.0. The van der Waals surface area contributed by atoms with E-state index in [0.29, 0.717) is 0 Å². The predicted octanol–water partition coefficient (Wildman–Crippen LogP) is 17.7. The van der Waals surface area contributed by atoms with Gasteiger partial charge in [-0.05, 0) is 144 Å². The Morgan fingerprint density at radius 3 is 1.14 bits per heavy atom. The van der Waals surface area contributed by atoms with Crippen LogP contribution in [0.5, 0.6) is 0 Å². The fourth-order valence-electron chi connectivity index (χ4n) is 11.5. The van der Waals surface area contributed by atoms with Gasteiger partial charge in [0.1, 0.15) is 0 Å². The van der Waals surface area contributed by atoms with Gasteiger partial charge in [-0.25, -0.2) is 0 Å². The largest absolute Gasteiger partial charge is 0.311 e. The van der Waals surface area contributed by atoms with Crippen molar-refractivity contribution in [1.29, 1.82) is 0 Å². The third kappa shape index (κ3) is 7.02. The molecule has 2 aromatic heterocycles.